The summed E-state index contributed by atoms with van der Waals surface area (Å²) >= 11 is 0. The van der Waals surface area contributed by atoms with Crippen LogP contribution in [0.4, 0.5) is 19.3 Å². The SMILES string of the molecule is O=C(CN1CCCc2cc(F)cc(F)c21)N1CCNC1=O. The first-order valence-corrected chi connectivity index (χ1v) is 6.87. The molecule has 7 heteroatoms. The normalized spacial score (nSPS) is 17.7. The maximum Gasteiger partial charge on any atom is 0.324 e. The quantitative estimate of drug-likeness (QED) is 0.894. The molecular formula is C14H15F2N3O2. The Bertz CT molecular complexity index is 606. The summed E-state index contributed by atoms with van der Waals surface area (Å²) < 4.78 is 27.3. The van der Waals surface area contributed by atoms with Crippen molar-refractivity contribution in [3.8, 4) is 0 Å². The highest BCUT2D eigenvalue weighted by atomic mass is 19.1. The number of hydrogen-bond acceptors (Lipinski definition) is 3. The van der Waals surface area contributed by atoms with E-state index in [-0.39, 0.29) is 18.1 Å². The minimum Gasteiger partial charge on any atom is -0.360 e. The molecule has 0 saturated carbocycles. The van der Waals surface area contributed by atoms with Gasteiger partial charge in [0.1, 0.15) is 11.6 Å². The molecule has 1 saturated heterocycles. The van der Waals surface area contributed by atoms with Crippen molar-refractivity contribution < 1.29 is 18.4 Å². The van der Waals surface area contributed by atoms with Crippen LogP contribution in [0.5, 0.6) is 0 Å². The van der Waals surface area contributed by atoms with E-state index < -0.39 is 17.7 Å². The minimum absolute atomic E-state index is 0.0804. The number of imide groups is 1. The molecule has 1 aromatic rings. The van der Waals surface area contributed by atoms with Crippen LogP contribution in [0, 0.1) is 11.6 Å². The smallest absolute Gasteiger partial charge is 0.324 e. The predicted octanol–water partition coefficient (Wildman–Crippen LogP) is 1.27. The van der Waals surface area contributed by atoms with E-state index in [2.05, 4.69) is 5.32 Å². The van der Waals surface area contributed by atoms with E-state index in [9.17, 15) is 18.4 Å². The number of urea groups is 1. The van der Waals surface area contributed by atoms with E-state index in [0.29, 0.717) is 31.6 Å². The molecule has 3 rings (SSSR count). The molecule has 112 valence electrons. The monoisotopic (exact) mass is 295 g/mol. The number of halogens is 2. The maximum atomic E-state index is 14.0. The lowest BCUT2D eigenvalue weighted by molar-refractivity contribution is -0.126. The molecule has 2 heterocycles. The van der Waals surface area contributed by atoms with Crippen LogP contribution in [-0.4, -0.2) is 43.0 Å². The molecule has 2 aliphatic rings. The lowest BCUT2D eigenvalue weighted by atomic mass is 10.0. The third kappa shape index (κ3) is 2.55. The van der Waals surface area contributed by atoms with Gasteiger partial charge < -0.3 is 10.2 Å². The van der Waals surface area contributed by atoms with Gasteiger partial charge in [0.05, 0.1) is 12.2 Å². The van der Waals surface area contributed by atoms with Gasteiger partial charge in [0.2, 0.25) is 5.91 Å². The molecule has 0 bridgehead atoms. The van der Waals surface area contributed by atoms with E-state index in [4.69, 9.17) is 0 Å². The zero-order chi connectivity index (χ0) is 15.0. The second-order valence-electron chi connectivity index (χ2n) is 5.20. The molecule has 1 fully saturated rings. The Morgan fingerprint density at radius 1 is 1.29 bits per heavy atom. The summed E-state index contributed by atoms with van der Waals surface area (Å²) in [5.41, 5.74) is 0.841. The number of aryl methyl sites for hydroxylation is 1. The molecule has 0 radical (unpaired) electrons. The number of hydrogen-bond donors (Lipinski definition) is 1. The first kappa shape index (κ1) is 13.8. The zero-order valence-electron chi connectivity index (χ0n) is 11.4. The minimum atomic E-state index is -0.664. The number of carbonyl (C=O) groups excluding carboxylic acids is 2. The van der Waals surface area contributed by atoms with Gasteiger partial charge in [-0.05, 0) is 24.5 Å². The third-order valence-corrected chi connectivity index (χ3v) is 3.78. The second-order valence-corrected chi connectivity index (χ2v) is 5.20. The highest BCUT2D eigenvalue weighted by Gasteiger charge is 2.30. The molecule has 1 N–H and O–H groups in total. The van der Waals surface area contributed by atoms with E-state index >= 15 is 0 Å². The molecule has 1 aromatic carbocycles. The maximum absolute atomic E-state index is 14.0. The summed E-state index contributed by atoms with van der Waals surface area (Å²) in [7, 11) is 0. The van der Waals surface area contributed by atoms with Gasteiger partial charge >= 0.3 is 6.03 Å². The first-order valence-electron chi connectivity index (χ1n) is 6.87. The fraction of sp³-hybridized carbons (Fsp3) is 0.429. The molecule has 21 heavy (non-hydrogen) atoms. The van der Waals surface area contributed by atoms with Crippen molar-refractivity contribution in [3.63, 3.8) is 0 Å². The van der Waals surface area contributed by atoms with Crippen LogP contribution >= 0.6 is 0 Å². The van der Waals surface area contributed by atoms with Crippen LogP contribution in [0.3, 0.4) is 0 Å². The molecule has 0 aliphatic carbocycles. The number of rotatable bonds is 2. The molecular weight excluding hydrogens is 280 g/mol. The van der Waals surface area contributed by atoms with Gasteiger partial charge in [-0.15, -0.1) is 0 Å². The summed E-state index contributed by atoms with van der Waals surface area (Å²) in [5, 5.41) is 2.55. The number of amides is 3. The highest BCUT2D eigenvalue weighted by Crippen LogP contribution is 2.30. The van der Waals surface area contributed by atoms with Gasteiger partial charge in [-0.2, -0.15) is 0 Å². The van der Waals surface area contributed by atoms with Gasteiger partial charge in [0.15, 0.2) is 0 Å². The van der Waals surface area contributed by atoms with Crippen LogP contribution in [0.1, 0.15) is 12.0 Å². The highest BCUT2D eigenvalue weighted by molar-refractivity contribution is 5.97. The lowest BCUT2D eigenvalue weighted by Gasteiger charge is -2.31. The van der Waals surface area contributed by atoms with Crippen LogP contribution in [0.2, 0.25) is 0 Å². The standard InChI is InChI=1S/C14H15F2N3O2/c15-10-6-9-2-1-4-18(13(9)11(16)7-10)8-12(20)19-5-3-17-14(19)21/h6-7H,1-5,8H2,(H,17,21). The van der Waals surface area contributed by atoms with E-state index in [0.717, 1.165) is 17.4 Å². The molecule has 3 amide bonds. The molecule has 5 nitrogen and oxygen atoms in total. The molecule has 0 unspecified atom stereocenters. The number of nitrogens with one attached hydrogen (secondary N) is 1. The van der Waals surface area contributed by atoms with E-state index in [1.807, 2.05) is 0 Å². The summed E-state index contributed by atoms with van der Waals surface area (Å²) in [4.78, 5) is 26.3. The largest absolute Gasteiger partial charge is 0.360 e. The van der Waals surface area contributed by atoms with Crippen LogP contribution in [-0.2, 0) is 11.2 Å². The number of anilines is 1. The van der Waals surface area contributed by atoms with Crippen molar-refractivity contribution in [1.82, 2.24) is 10.2 Å². The zero-order valence-corrected chi connectivity index (χ0v) is 11.4. The molecule has 0 spiro atoms. The fourth-order valence-electron chi connectivity index (χ4n) is 2.85. The van der Waals surface area contributed by atoms with Crippen molar-refractivity contribution >= 4 is 17.6 Å². The predicted molar refractivity (Wildman–Crippen MR) is 72.0 cm³/mol. The number of nitrogens with zero attached hydrogens (tertiary/aromatic N) is 2. The average Bonchev–Trinajstić information content (AvgIpc) is 2.84. The lowest BCUT2D eigenvalue weighted by Crippen LogP contribution is -2.43. The number of carbonyl (C=O) groups is 2. The van der Waals surface area contributed by atoms with Crippen LogP contribution < -0.4 is 10.2 Å². The Balaban J connectivity index is 1.82. The van der Waals surface area contributed by atoms with Crippen molar-refractivity contribution in [2.24, 2.45) is 0 Å². The molecule has 0 atom stereocenters. The number of benzene rings is 1. The Kier molecular flexibility index (Phi) is 3.48. The molecule has 2 aliphatic heterocycles. The van der Waals surface area contributed by atoms with Crippen molar-refractivity contribution in [1.29, 1.82) is 0 Å². The Morgan fingerprint density at radius 2 is 2.10 bits per heavy atom. The van der Waals surface area contributed by atoms with Crippen LogP contribution in [0.15, 0.2) is 12.1 Å². The summed E-state index contributed by atoms with van der Waals surface area (Å²) in [5.74, 6) is -1.65. The Hall–Kier alpha value is -2.18. The summed E-state index contributed by atoms with van der Waals surface area (Å²) in [6.45, 7) is 1.19. The van der Waals surface area contributed by atoms with E-state index in [1.54, 1.807) is 4.90 Å². The fourth-order valence-corrected chi connectivity index (χ4v) is 2.85. The first-order chi connectivity index (χ1) is 10.1. The third-order valence-electron chi connectivity index (χ3n) is 3.78. The second kappa shape index (κ2) is 5.31. The van der Waals surface area contributed by atoms with Gasteiger partial charge in [0, 0.05) is 25.7 Å². The van der Waals surface area contributed by atoms with E-state index in [1.165, 1.54) is 6.07 Å². The van der Waals surface area contributed by atoms with Crippen LogP contribution in [0.25, 0.3) is 0 Å². The average molecular weight is 295 g/mol. The van der Waals surface area contributed by atoms with Crippen molar-refractivity contribution in [2.75, 3.05) is 31.1 Å². The van der Waals surface area contributed by atoms with Gasteiger partial charge in [-0.3, -0.25) is 9.69 Å². The number of fused-ring (bicyclic) bond motifs is 1. The van der Waals surface area contributed by atoms with Gasteiger partial charge in [-0.25, -0.2) is 13.6 Å². The molecule has 0 aromatic heterocycles. The summed E-state index contributed by atoms with van der Waals surface area (Å²) in [6, 6.07) is 1.71. The Labute approximate surface area is 120 Å². The van der Waals surface area contributed by atoms with Crippen molar-refractivity contribution in [2.45, 2.75) is 12.8 Å². The van der Waals surface area contributed by atoms with Crippen molar-refractivity contribution in [3.05, 3.63) is 29.3 Å². The van der Waals surface area contributed by atoms with Gasteiger partial charge in [0.25, 0.3) is 0 Å². The summed E-state index contributed by atoms with van der Waals surface area (Å²) in [6.07, 6.45) is 1.30. The topological polar surface area (TPSA) is 52.7 Å². The Morgan fingerprint density at radius 3 is 2.81 bits per heavy atom. The van der Waals surface area contributed by atoms with Gasteiger partial charge in [-0.1, -0.05) is 0 Å².